The van der Waals surface area contributed by atoms with Gasteiger partial charge in [0, 0.05) is 36.1 Å². The van der Waals surface area contributed by atoms with Crippen LogP contribution in [-0.2, 0) is 35.1 Å². The molecule has 0 radical (unpaired) electrons. The average Bonchev–Trinajstić information content (AvgIpc) is 3.54. The third kappa shape index (κ3) is 12.6. The molecule has 8 N–H and O–H groups in total. The molecular weight excluding hydrogens is 596 g/mol. The summed E-state index contributed by atoms with van der Waals surface area (Å²) >= 11 is 1.88. The number of hydrogen-bond acceptors (Lipinski definition) is 11. The number of thioether (sulfide) groups is 1. The molecule has 4 atom stereocenters. The number of urea groups is 1. The van der Waals surface area contributed by atoms with Crippen molar-refractivity contribution in [2.75, 3.05) is 51.9 Å². The number of amides is 4. The molecule has 2 aliphatic rings. The first-order valence-electron chi connectivity index (χ1n) is 14.6. The van der Waals surface area contributed by atoms with Crippen LogP contribution in [0.5, 0.6) is 5.75 Å². The van der Waals surface area contributed by atoms with Gasteiger partial charge in [-0.1, -0.05) is 17.6 Å². The van der Waals surface area contributed by atoms with Crippen molar-refractivity contribution in [3.63, 3.8) is 0 Å². The van der Waals surface area contributed by atoms with Gasteiger partial charge in [-0.05, 0) is 37.0 Å². The minimum absolute atomic E-state index is 0.00594. The van der Waals surface area contributed by atoms with Crippen molar-refractivity contribution >= 4 is 41.8 Å². The highest BCUT2D eigenvalue weighted by Crippen LogP contribution is 2.33. The largest absolute Gasteiger partial charge is 0.507 e. The fraction of sp³-hybridized carbons (Fsp3) is 0.607. The van der Waals surface area contributed by atoms with E-state index in [4.69, 9.17) is 25.2 Å². The number of unbranched alkanes of at least 4 members (excludes halogenated alkanes) is 1. The lowest BCUT2D eigenvalue weighted by atomic mass is 10.0. The summed E-state index contributed by atoms with van der Waals surface area (Å²) in [6, 6.07) is 3.76. The predicted octanol–water partition coefficient (Wildman–Crippen LogP) is -0.311. The Morgan fingerprint density at radius 1 is 1.09 bits per heavy atom. The van der Waals surface area contributed by atoms with Gasteiger partial charge in [-0.25, -0.2) is 4.79 Å². The van der Waals surface area contributed by atoms with Gasteiger partial charge < -0.3 is 51.5 Å². The van der Waals surface area contributed by atoms with E-state index in [1.54, 1.807) is 6.07 Å². The van der Waals surface area contributed by atoms with E-state index in [0.717, 1.165) is 25.0 Å². The van der Waals surface area contributed by atoms with Gasteiger partial charge >= 0.3 is 12.0 Å². The van der Waals surface area contributed by atoms with Crippen LogP contribution >= 0.6 is 11.8 Å². The first kappa shape index (κ1) is 34.9. The number of nitrogens with one attached hydrogen (secondary N) is 4. The molecule has 0 spiro atoms. The molecule has 244 valence electrons. The summed E-state index contributed by atoms with van der Waals surface area (Å²) in [4.78, 5) is 51.2. The second kappa shape index (κ2) is 18.9. The molecule has 2 saturated heterocycles. The molecule has 0 aromatic heterocycles. The van der Waals surface area contributed by atoms with Crippen LogP contribution < -0.4 is 27.0 Å². The SMILES string of the molecule is N[C@@H](Cc1ccc(O)c(/C=N/OCC(=O)NCCOCCOCCNC(=O)CCCCC2SC[C@@H]3NC(=O)N[C@H]23)c1)C(=O)O. The summed E-state index contributed by atoms with van der Waals surface area (Å²) in [6.45, 7) is 1.68. The van der Waals surface area contributed by atoms with E-state index in [9.17, 15) is 24.3 Å². The zero-order valence-corrected chi connectivity index (χ0v) is 25.3. The van der Waals surface area contributed by atoms with E-state index < -0.39 is 17.9 Å². The Balaban J connectivity index is 1.10. The summed E-state index contributed by atoms with van der Waals surface area (Å²) in [5, 5.41) is 34.3. The summed E-state index contributed by atoms with van der Waals surface area (Å²) in [6.07, 6.45) is 4.49. The van der Waals surface area contributed by atoms with Gasteiger partial charge in [0.2, 0.25) is 5.91 Å². The van der Waals surface area contributed by atoms with Crippen molar-refractivity contribution in [3.8, 4) is 5.75 Å². The number of nitrogens with zero attached hydrogens (tertiary/aromatic N) is 1. The van der Waals surface area contributed by atoms with Crippen molar-refractivity contribution in [2.45, 2.75) is 55.5 Å². The number of carboxylic acids is 1. The number of carbonyl (C=O) groups excluding carboxylic acids is 3. The maximum absolute atomic E-state index is 12.0. The highest BCUT2D eigenvalue weighted by Gasteiger charge is 2.42. The summed E-state index contributed by atoms with van der Waals surface area (Å²) in [5.41, 5.74) is 6.43. The minimum Gasteiger partial charge on any atom is -0.507 e. The first-order valence-corrected chi connectivity index (χ1v) is 15.6. The Hall–Kier alpha value is -3.60. The zero-order valence-electron chi connectivity index (χ0n) is 24.5. The van der Waals surface area contributed by atoms with E-state index in [1.807, 2.05) is 11.8 Å². The van der Waals surface area contributed by atoms with Crippen LogP contribution in [0.3, 0.4) is 0 Å². The van der Waals surface area contributed by atoms with E-state index in [1.165, 1.54) is 18.3 Å². The number of nitrogens with two attached hydrogens (primary N) is 1. The number of aliphatic carboxylic acids is 1. The lowest BCUT2D eigenvalue weighted by molar-refractivity contribution is -0.138. The fourth-order valence-corrected chi connectivity index (χ4v) is 6.17. The third-order valence-electron chi connectivity index (χ3n) is 6.92. The van der Waals surface area contributed by atoms with Gasteiger partial charge in [0.25, 0.3) is 5.91 Å². The van der Waals surface area contributed by atoms with E-state index in [-0.39, 0.29) is 56.0 Å². The number of hydrogen-bond donors (Lipinski definition) is 7. The molecule has 2 aliphatic heterocycles. The maximum Gasteiger partial charge on any atom is 0.320 e. The molecule has 16 heteroatoms. The number of ether oxygens (including phenoxy) is 2. The summed E-state index contributed by atoms with van der Waals surface area (Å²) in [5.74, 6) is -0.691. The minimum atomic E-state index is -1.13. The van der Waals surface area contributed by atoms with Crippen LogP contribution in [0, 0.1) is 0 Å². The van der Waals surface area contributed by atoms with Crippen LogP contribution in [-0.4, -0.2) is 115 Å². The Kier molecular flexibility index (Phi) is 15.0. The van der Waals surface area contributed by atoms with Gasteiger partial charge in [0.05, 0.1) is 44.7 Å². The monoisotopic (exact) mass is 638 g/mol. The molecule has 3 rings (SSSR count). The van der Waals surface area contributed by atoms with Gasteiger partial charge in [-0.15, -0.1) is 0 Å². The zero-order chi connectivity index (χ0) is 31.7. The van der Waals surface area contributed by atoms with Gasteiger partial charge in [-0.2, -0.15) is 11.8 Å². The Morgan fingerprint density at radius 2 is 1.82 bits per heavy atom. The van der Waals surface area contributed by atoms with Crippen molar-refractivity contribution in [2.24, 2.45) is 10.9 Å². The normalized spacial score (nSPS) is 19.7. The second-order valence-corrected chi connectivity index (χ2v) is 11.6. The molecule has 2 fully saturated rings. The van der Waals surface area contributed by atoms with E-state index >= 15 is 0 Å². The molecule has 1 aromatic carbocycles. The maximum atomic E-state index is 12.0. The van der Waals surface area contributed by atoms with Crippen LogP contribution in [0.1, 0.15) is 36.8 Å². The molecule has 0 bridgehead atoms. The Labute approximate surface area is 260 Å². The van der Waals surface area contributed by atoms with E-state index in [2.05, 4.69) is 26.4 Å². The number of benzene rings is 1. The number of carbonyl (C=O) groups is 4. The number of phenols is 1. The predicted molar refractivity (Wildman–Crippen MR) is 163 cm³/mol. The van der Waals surface area contributed by atoms with Crippen LogP contribution in [0.15, 0.2) is 23.4 Å². The summed E-state index contributed by atoms with van der Waals surface area (Å²) < 4.78 is 10.8. The molecule has 1 unspecified atom stereocenters. The van der Waals surface area contributed by atoms with Crippen LogP contribution in [0.4, 0.5) is 4.79 Å². The van der Waals surface area contributed by atoms with Crippen molar-refractivity contribution in [3.05, 3.63) is 29.3 Å². The molecule has 2 heterocycles. The number of carboxylic acid groups (broad SMARTS) is 1. The van der Waals surface area contributed by atoms with Crippen molar-refractivity contribution in [1.29, 1.82) is 0 Å². The van der Waals surface area contributed by atoms with Gasteiger partial charge in [0.15, 0.2) is 6.61 Å². The van der Waals surface area contributed by atoms with Crippen molar-refractivity contribution in [1.82, 2.24) is 21.3 Å². The second-order valence-electron chi connectivity index (χ2n) is 10.3. The number of fused-ring (bicyclic) bond motifs is 1. The van der Waals surface area contributed by atoms with Crippen LogP contribution in [0.2, 0.25) is 0 Å². The number of phenolic OH excluding ortho intramolecular Hbond substituents is 1. The fourth-order valence-electron chi connectivity index (χ4n) is 4.63. The first-order chi connectivity index (χ1) is 21.2. The lowest BCUT2D eigenvalue weighted by Gasteiger charge is -2.16. The van der Waals surface area contributed by atoms with E-state index in [0.29, 0.717) is 49.2 Å². The third-order valence-corrected chi connectivity index (χ3v) is 8.43. The highest BCUT2D eigenvalue weighted by atomic mass is 32.2. The lowest BCUT2D eigenvalue weighted by Crippen LogP contribution is -2.36. The molecule has 44 heavy (non-hydrogen) atoms. The molecule has 0 aliphatic carbocycles. The quantitative estimate of drug-likeness (QED) is 0.0400. The number of rotatable bonds is 21. The van der Waals surface area contributed by atoms with Crippen molar-refractivity contribution < 1.29 is 43.7 Å². The van der Waals surface area contributed by atoms with Crippen LogP contribution in [0.25, 0.3) is 0 Å². The molecule has 4 amide bonds. The highest BCUT2D eigenvalue weighted by molar-refractivity contribution is 8.00. The molecule has 0 saturated carbocycles. The molecular formula is C28H42N6O9S. The molecule has 15 nitrogen and oxygen atoms in total. The topological polar surface area (TPSA) is 223 Å². The van der Waals surface area contributed by atoms with Gasteiger partial charge in [0.1, 0.15) is 11.8 Å². The number of aromatic hydroxyl groups is 1. The standard InChI is InChI=1S/C28H42N6O9S/c29-20(27(38)39)14-18-5-6-22(35)19(13-18)15-32-43-16-25(37)31-8-10-42-12-11-41-9-7-30-24(36)4-2-1-3-23-26-21(17-44-23)33-28(40)34-26/h5-6,13,15,20-21,23,26,35H,1-4,7-12,14,16-17,29H2,(H,30,36)(H,31,37)(H,38,39)(H2,33,34,40)/b32-15+/t20-,21-,23?,26-/m0/s1. The summed E-state index contributed by atoms with van der Waals surface area (Å²) in [7, 11) is 0. The molecule has 1 aromatic rings. The smallest absolute Gasteiger partial charge is 0.320 e. The Morgan fingerprint density at radius 3 is 2.55 bits per heavy atom. The van der Waals surface area contributed by atoms with Gasteiger partial charge in [-0.3, -0.25) is 14.4 Å². The Bertz CT molecular complexity index is 1140. The average molecular weight is 639 g/mol. The number of oxime groups is 1.